The maximum Gasteiger partial charge on any atom is 0.410 e. The van der Waals surface area contributed by atoms with Crippen LogP contribution in [-0.2, 0) is 4.74 Å². The van der Waals surface area contributed by atoms with E-state index in [-0.39, 0.29) is 11.7 Å². The number of fused-ring (bicyclic) bond motifs is 1. The number of ether oxygens (including phenoxy) is 1. The summed E-state index contributed by atoms with van der Waals surface area (Å²) in [6.45, 7) is 8.84. The Morgan fingerprint density at radius 3 is 2.60 bits per heavy atom. The maximum absolute atomic E-state index is 11.9. The van der Waals surface area contributed by atoms with Crippen molar-refractivity contribution in [3.8, 4) is 0 Å². The molecule has 1 saturated heterocycles. The lowest BCUT2D eigenvalue weighted by Crippen LogP contribution is -2.43. The summed E-state index contributed by atoms with van der Waals surface area (Å²) in [5.74, 6) is 1.38. The number of rotatable bonds is 0. The van der Waals surface area contributed by atoms with E-state index in [9.17, 15) is 4.79 Å². The van der Waals surface area contributed by atoms with Gasteiger partial charge in [0.15, 0.2) is 0 Å². The summed E-state index contributed by atoms with van der Waals surface area (Å²) >= 11 is 0. The van der Waals surface area contributed by atoms with Crippen LogP contribution in [-0.4, -0.2) is 29.2 Å². The highest BCUT2D eigenvalue weighted by atomic mass is 16.6. The van der Waals surface area contributed by atoms with Crippen LogP contribution >= 0.6 is 0 Å². The third-order valence-corrected chi connectivity index (χ3v) is 3.13. The molecule has 0 aromatic heterocycles. The zero-order valence-electron chi connectivity index (χ0n) is 10.1. The minimum atomic E-state index is -0.373. The highest BCUT2D eigenvalue weighted by Gasteiger charge is 2.49. The molecule has 0 bridgehead atoms. The Kier molecular flexibility index (Phi) is 2.44. The second kappa shape index (κ2) is 3.39. The molecule has 1 aliphatic heterocycles. The van der Waals surface area contributed by atoms with E-state index in [1.807, 2.05) is 25.7 Å². The van der Waals surface area contributed by atoms with Crippen LogP contribution in [0.15, 0.2) is 0 Å². The number of amides is 1. The van der Waals surface area contributed by atoms with E-state index in [0.29, 0.717) is 12.0 Å². The molecule has 2 aliphatic rings. The lowest BCUT2D eigenvalue weighted by Gasteiger charge is -2.32. The number of nitrogens with zero attached hydrogens (tertiary/aromatic N) is 1. The molecule has 3 unspecified atom stereocenters. The summed E-state index contributed by atoms with van der Waals surface area (Å²) < 4.78 is 5.41. The van der Waals surface area contributed by atoms with E-state index in [2.05, 4.69) is 6.92 Å². The molecule has 0 N–H and O–H groups in total. The Bertz CT molecular complexity index is 269. The van der Waals surface area contributed by atoms with Gasteiger partial charge in [-0.25, -0.2) is 4.79 Å². The quantitative estimate of drug-likeness (QED) is 0.616. The van der Waals surface area contributed by atoms with Crippen molar-refractivity contribution in [1.82, 2.24) is 4.90 Å². The van der Waals surface area contributed by atoms with E-state index in [4.69, 9.17) is 4.74 Å². The minimum absolute atomic E-state index is 0.124. The summed E-state index contributed by atoms with van der Waals surface area (Å²) in [4.78, 5) is 13.8. The van der Waals surface area contributed by atoms with Crippen LogP contribution in [0.5, 0.6) is 0 Å². The van der Waals surface area contributed by atoms with Crippen molar-refractivity contribution in [2.75, 3.05) is 6.54 Å². The van der Waals surface area contributed by atoms with Crippen molar-refractivity contribution in [3.05, 3.63) is 0 Å². The van der Waals surface area contributed by atoms with Gasteiger partial charge in [0, 0.05) is 12.6 Å². The van der Waals surface area contributed by atoms with Crippen molar-refractivity contribution in [2.24, 2.45) is 11.8 Å². The molecule has 2 rings (SSSR count). The summed E-state index contributed by atoms with van der Waals surface area (Å²) in [6, 6.07) is 0.482. The highest BCUT2D eigenvalue weighted by molar-refractivity contribution is 5.69. The summed E-state index contributed by atoms with van der Waals surface area (Å²) in [7, 11) is 0. The number of carbonyl (C=O) groups is 1. The molecule has 15 heavy (non-hydrogen) atoms. The van der Waals surface area contributed by atoms with Gasteiger partial charge in [-0.3, -0.25) is 0 Å². The Morgan fingerprint density at radius 2 is 2.00 bits per heavy atom. The van der Waals surface area contributed by atoms with Crippen molar-refractivity contribution in [1.29, 1.82) is 0 Å². The molecule has 86 valence electrons. The smallest absolute Gasteiger partial charge is 0.410 e. The monoisotopic (exact) mass is 211 g/mol. The van der Waals surface area contributed by atoms with Crippen LogP contribution in [0.3, 0.4) is 0 Å². The highest BCUT2D eigenvalue weighted by Crippen LogP contribution is 2.45. The molecule has 0 spiro atoms. The first-order chi connectivity index (χ1) is 6.87. The molecule has 1 aliphatic carbocycles. The van der Waals surface area contributed by atoms with E-state index in [1.165, 1.54) is 12.8 Å². The number of likely N-dealkylation sites (tertiary alicyclic amines) is 1. The van der Waals surface area contributed by atoms with Gasteiger partial charge in [-0.2, -0.15) is 0 Å². The van der Waals surface area contributed by atoms with E-state index < -0.39 is 0 Å². The first-order valence-corrected chi connectivity index (χ1v) is 5.86. The summed E-state index contributed by atoms with van der Waals surface area (Å²) in [5.41, 5.74) is -0.373. The van der Waals surface area contributed by atoms with Crippen LogP contribution in [0.4, 0.5) is 4.79 Å². The molecule has 1 heterocycles. The Labute approximate surface area is 91.8 Å². The number of hydrogen-bond acceptors (Lipinski definition) is 2. The van der Waals surface area contributed by atoms with Crippen LogP contribution < -0.4 is 0 Å². The van der Waals surface area contributed by atoms with E-state index in [0.717, 1.165) is 12.5 Å². The fraction of sp³-hybridized carbons (Fsp3) is 0.917. The Balaban J connectivity index is 1.95. The fourth-order valence-electron chi connectivity index (χ4n) is 2.46. The van der Waals surface area contributed by atoms with Gasteiger partial charge in [0.1, 0.15) is 5.60 Å². The summed E-state index contributed by atoms with van der Waals surface area (Å²) in [6.07, 6.45) is 2.34. The second-order valence-corrected chi connectivity index (χ2v) is 6.04. The first kappa shape index (κ1) is 10.8. The lowest BCUT2D eigenvalue weighted by atomic mass is 10.0. The third kappa shape index (κ3) is 2.44. The zero-order valence-corrected chi connectivity index (χ0v) is 10.1. The second-order valence-electron chi connectivity index (χ2n) is 6.04. The number of hydrogen-bond donors (Lipinski definition) is 0. The number of piperidine rings is 1. The Hall–Kier alpha value is -0.730. The maximum atomic E-state index is 11.9. The predicted molar refractivity (Wildman–Crippen MR) is 58.6 cm³/mol. The van der Waals surface area contributed by atoms with Crippen molar-refractivity contribution < 1.29 is 9.53 Å². The predicted octanol–water partition coefficient (Wildman–Crippen LogP) is 2.65. The third-order valence-electron chi connectivity index (χ3n) is 3.13. The van der Waals surface area contributed by atoms with Crippen molar-refractivity contribution in [2.45, 2.75) is 52.2 Å². The molecule has 0 aromatic carbocycles. The SMILES string of the molecule is CC1CC2CC2N(C(=O)OC(C)(C)C)C1. The van der Waals surface area contributed by atoms with Gasteiger partial charge in [-0.05, 0) is 45.4 Å². The van der Waals surface area contributed by atoms with Gasteiger partial charge in [0.05, 0.1) is 0 Å². The largest absolute Gasteiger partial charge is 0.444 e. The van der Waals surface area contributed by atoms with E-state index in [1.54, 1.807) is 0 Å². The molecule has 0 aromatic rings. The van der Waals surface area contributed by atoms with Crippen molar-refractivity contribution in [3.63, 3.8) is 0 Å². The Morgan fingerprint density at radius 1 is 1.33 bits per heavy atom. The van der Waals surface area contributed by atoms with Gasteiger partial charge < -0.3 is 9.64 Å². The molecular formula is C12H21NO2. The normalized spacial score (nSPS) is 34.7. The standard InChI is InChI=1S/C12H21NO2/c1-8-5-9-6-10(9)13(7-8)11(14)15-12(2,3)4/h8-10H,5-7H2,1-4H3. The molecule has 2 fully saturated rings. The molecule has 3 heteroatoms. The molecular weight excluding hydrogens is 190 g/mol. The van der Waals surface area contributed by atoms with Crippen molar-refractivity contribution >= 4 is 6.09 Å². The fourth-order valence-corrected chi connectivity index (χ4v) is 2.46. The van der Waals surface area contributed by atoms with Crippen LogP contribution in [0, 0.1) is 11.8 Å². The average Bonchev–Trinajstić information content (AvgIpc) is 2.77. The molecule has 3 atom stereocenters. The van der Waals surface area contributed by atoms with Crippen LogP contribution in [0.2, 0.25) is 0 Å². The van der Waals surface area contributed by atoms with Crippen LogP contribution in [0.1, 0.15) is 40.5 Å². The van der Waals surface area contributed by atoms with Gasteiger partial charge in [-0.15, -0.1) is 0 Å². The first-order valence-electron chi connectivity index (χ1n) is 5.86. The van der Waals surface area contributed by atoms with E-state index >= 15 is 0 Å². The lowest BCUT2D eigenvalue weighted by molar-refractivity contribution is 0.0152. The molecule has 0 radical (unpaired) electrons. The molecule has 1 saturated carbocycles. The van der Waals surface area contributed by atoms with Gasteiger partial charge >= 0.3 is 6.09 Å². The molecule has 1 amide bonds. The van der Waals surface area contributed by atoms with Gasteiger partial charge in [0.25, 0.3) is 0 Å². The minimum Gasteiger partial charge on any atom is -0.444 e. The average molecular weight is 211 g/mol. The topological polar surface area (TPSA) is 29.5 Å². The van der Waals surface area contributed by atoms with Gasteiger partial charge in [0.2, 0.25) is 0 Å². The molecule has 3 nitrogen and oxygen atoms in total. The zero-order chi connectivity index (χ0) is 11.2. The number of carbonyl (C=O) groups excluding carboxylic acids is 1. The van der Waals surface area contributed by atoms with Crippen LogP contribution in [0.25, 0.3) is 0 Å². The van der Waals surface area contributed by atoms with Gasteiger partial charge in [-0.1, -0.05) is 6.92 Å². The summed E-state index contributed by atoms with van der Waals surface area (Å²) in [5, 5.41) is 0.